The van der Waals surface area contributed by atoms with Gasteiger partial charge < -0.3 is 14.8 Å². The molecule has 0 aliphatic carbocycles. The molecular weight excluding hydrogens is 425 g/mol. The summed E-state index contributed by atoms with van der Waals surface area (Å²) in [5.41, 5.74) is -1.75. The molecule has 1 heterocycles. The van der Waals surface area contributed by atoms with E-state index in [9.17, 15) is 26.4 Å². The number of anilines is 1. The van der Waals surface area contributed by atoms with Crippen LogP contribution in [0.25, 0.3) is 0 Å². The van der Waals surface area contributed by atoms with Gasteiger partial charge in [-0.25, -0.2) is 8.42 Å². The third-order valence-electron chi connectivity index (χ3n) is 4.50. The van der Waals surface area contributed by atoms with Gasteiger partial charge in [0.15, 0.2) is 0 Å². The SMILES string of the molecule is COc1ccc(S(=O)(=O)N2CCOCC2)cc1NC(=O)c1ccccc1C(F)(F)F. The molecule has 3 rings (SSSR count). The molecule has 0 atom stereocenters. The molecule has 0 radical (unpaired) electrons. The number of nitrogens with one attached hydrogen (secondary N) is 1. The molecule has 11 heteroatoms. The molecule has 1 amide bonds. The molecule has 162 valence electrons. The number of alkyl halides is 3. The maximum absolute atomic E-state index is 13.2. The van der Waals surface area contributed by atoms with E-state index < -0.39 is 33.2 Å². The molecule has 0 bridgehead atoms. The minimum Gasteiger partial charge on any atom is -0.495 e. The fourth-order valence-electron chi connectivity index (χ4n) is 3.00. The van der Waals surface area contributed by atoms with Crippen LogP contribution in [0.5, 0.6) is 5.75 Å². The number of hydrogen-bond donors (Lipinski definition) is 1. The minimum atomic E-state index is -4.72. The summed E-state index contributed by atoms with van der Waals surface area (Å²) in [5, 5.41) is 2.33. The van der Waals surface area contributed by atoms with Crippen LogP contribution >= 0.6 is 0 Å². The van der Waals surface area contributed by atoms with Crippen molar-refractivity contribution in [3.63, 3.8) is 0 Å². The number of hydrogen-bond acceptors (Lipinski definition) is 5. The highest BCUT2D eigenvalue weighted by Gasteiger charge is 2.35. The Labute approximate surface area is 171 Å². The Morgan fingerprint density at radius 1 is 1.13 bits per heavy atom. The lowest BCUT2D eigenvalue weighted by Crippen LogP contribution is -2.40. The molecule has 1 saturated heterocycles. The van der Waals surface area contributed by atoms with Crippen LogP contribution in [0.1, 0.15) is 15.9 Å². The number of methoxy groups -OCH3 is 1. The molecule has 0 unspecified atom stereocenters. The van der Waals surface area contributed by atoms with E-state index in [0.29, 0.717) is 0 Å². The van der Waals surface area contributed by atoms with Crippen molar-refractivity contribution in [3.8, 4) is 5.75 Å². The van der Waals surface area contributed by atoms with Crippen molar-refractivity contribution >= 4 is 21.6 Å². The van der Waals surface area contributed by atoms with Crippen LogP contribution in [0.4, 0.5) is 18.9 Å². The van der Waals surface area contributed by atoms with Crippen molar-refractivity contribution in [2.75, 3.05) is 38.7 Å². The third-order valence-corrected chi connectivity index (χ3v) is 6.40. The summed E-state index contributed by atoms with van der Waals surface area (Å²) in [6, 6.07) is 8.13. The zero-order valence-electron chi connectivity index (χ0n) is 15.9. The second-order valence-electron chi connectivity index (χ2n) is 6.38. The van der Waals surface area contributed by atoms with Gasteiger partial charge in [-0.2, -0.15) is 17.5 Å². The van der Waals surface area contributed by atoms with Crippen molar-refractivity contribution in [1.29, 1.82) is 0 Å². The average molecular weight is 444 g/mol. The number of rotatable bonds is 5. The van der Waals surface area contributed by atoms with Crippen molar-refractivity contribution in [3.05, 3.63) is 53.6 Å². The number of nitrogens with zero attached hydrogens (tertiary/aromatic N) is 1. The zero-order valence-corrected chi connectivity index (χ0v) is 16.7. The summed E-state index contributed by atoms with van der Waals surface area (Å²) < 4.78 is 76.9. The van der Waals surface area contributed by atoms with Crippen LogP contribution in [0.15, 0.2) is 47.4 Å². The number of benzene rings is 2. The first kappa shape index (κ1) is 22.1. The topological polar surface area (TPSA) is 84.9 Å². The number of carbonyl (C=O) groups is 1. The van der Waals surface area contributed by atoms with Gasteiger partial charge in [0.05, 0.1) is 42.0 Å². The molecular formula is C19H19F3N2O5S. The van der Waals surface area contributed by atoms with Crippen LogP contribution in [0.2, 0.25) is 0 Å². The van der Waals surface area contributed by atoms with Gasteiger partial charge in [0.2, 0.25) is 10.0 Å². The Kier molecular flexibility index (Phi) is 6.34. The molecule has 0 saturated carbocycles. The monoisotopic (exact) mass is 444 g/mol. The number of halogens is 3. The molecule has 0 aromatic heterocycles. The second-order valence-corrected chi connectivity index (χ2v) is 8.31. The summed E-state index contributed by atoms with van der Waals surface area (Å²) in [7, 11) is -2.58. The van der Waals surface area contributed by atoms with E-state index >= 15 is 0 Å². The minimum absolute atomic E-state index is 0.0613. The second kappa shape index (κ2) is 8.62. The van der Waals surface area contributed by atoms with E-state index in [-0.39, 0.29) is 42.6 Å². The van der Waals surface area contributed by atoms with Crippen LogP contribution < -0.4 is 10.1 Å². The van der Waals surface area contributed by atoms with Gasteiger partial charge in [-0.05, 0) is 30.3 Å². The Balaban J connectivity index is 1.95. The molecule has 2 aromatic carbocycles. The van der Waals surface area contributed by atoms with E-state index in [1.54, 1.807) is 0 Å². The smallest absolute Gasteiger partial charge is 0.417 e. The number of amides is 1. The van der Waals surface area contributed by atoms with E-state index in [1.807, 2.05) is 0 Å². The van der Waals surface area contributed by atoms with E-state index in [1.165, 1.54) is 35.7 Å². The van der Waals surface area contributed by atoms with Crippen molar-refractivity contribution in [2.45, 2.75) is 11.1 Å². The third kappa shape index (κ3) is 4.58. The van der Waals surface area contributed by atoms with Gasteiger partial charge >= 0.3 is 6.18 Å². The van der Waals surface area contributed by atoms with Gasteiger partial charge in [-0.15, -0.1) is 0 Å². The first-order valence-corrected chi connectivity index (χ1v) is 10.3. The first-order valence-electron chi connectivity index (χ1n) is 8.88. The van der Waals surface area contributed by atoms with E-state index in [2.05, 4.69) is 5.32 Å². The van der Waals surface area contributed by atoms with Crippen LogP contribution in [-0.2, 0) is 20.9 Å². The zero-order chi connectivity index (χ0) is 21.9. The predicted octanol–water partition coefficient (Wildman–Crippen LogP) is 2.99. The normalized spacial score (nSPS) is 15.6. The highest BCUT2D eigenvalue weighted by molar-refractivity contribution is 7.89. The molecule has 1 aliphatic rings. The highest BCUT2D eigenvalue weighted by atomic mass is 32.2. The number of morpholine rings is 1. The van der Waals surface area contributed by atoms with Gasteiger partial charge in [0.1, 0.15) is 5.75 Å². The molecule has 1 N–H and O–H groups in total. The Morgan fingerprint density at radius 3 is 2.43 bits per heavy atom. The molecule has 1 aliphatic heterocycles. The predicted molar refractivity (Wildman–Crippen MR) is 102 cm³/mol. The largest absolute Gasteiger partial charge is 0.495 e. The fourth-order valence-corrected chi connectivity index (χ4v) is 4.43. The van der Waals surface area contributed by atoms with Gasteiger partial charge in [-0.3, -0.25) is 4.79 Å². The summed E-state index contributed by atoms with van der Waals surface area (Å²) >= 11 is 0. The number of ether oxygens (including phenoxy) is 2. The molecule has 1 fully saturated rings. The molecule has 30 heavy (non-hydrogen) atoms. The van der Waals surface area contributed by atoms with Crippen molar-refractivity contribution in [1.82, 2.24) is 4.31 Å². The summed E-state index contributed by atoms with van der Waals surface area (Å²) in [6.45, 7) is 0.866. The summed E-state index contributed by atoms with van der Waals surface area (Å²) in [6.07, 6.45) is -4.72. The molecule has 0 spiro atoms. The first-order chi connectivity index (χ1) is 14.1. The lowest BCUT2D eigenvalue weighted by molar-refractivity contribution is -0.137. The number of carbonyl (C=O) groups excluding carboxylic acids is 1. The summed E-state index contributed by atoms with van der Waals surface area (Å²) in [4.78, 5) is 12.4. The maximum Gasteiger partial charge on any atom is 0.417 e. The molecule has 2 aromatic rings. The Morgan fingerprint density at radius 2 is 1.80 bits per heavy atom. The van der Waals surface area contributed by atoms with Gasteiger partial charge in [0, 0.05) is 13.1 Å². The Bertz CT molecular complexity index is 1030. The van der Waals surface area contributed by atoms with E-state index in [4.69, 9.17) is 9.47 Å². The van der Waals surface area contributed by atoms with E-state index in [0.717, 1.165) is 18.2 Å². The lowest BCUT2D eigenvalue weighted by atomic mass is 10.1. The highest BCUT2D eigenvalue weighted by Crippen LogP contribution is 2.34. The Hall–Kier alpha value is -2.63. The van der Waals surface area contributed by atoms with Crippen LogP contribution in [0, 0.1) is 0 Å². The lowest BCUT2D eigenvalue weighted by Gasteiger charge is -2.26. The fraction of sp³-hybridized carbons (Fsp3) is 0.316. The standard InChI is InChI=1S/C19H19F3N2O5S/c1-28-17-7-6-13(30(26,27)24-8-10-29-11-9-24)12-16(17)23-18(25)14-4-2-3-5-15(14)19(20,21)22/h2-7,12H,8-11H2,1H3,(H,23,25). The summed E-state index contributed by atoms with van der Waals surface area (Å²) in [5.74, 6) is -0.934. The molecule has 7 nitrogen and oxygen atoms in total. The van der Waals surface area contributed by atoms with Crippen LogP contribution in [0.3, 0.4) is 0 Å². The average Bonchev–Trinajstić information content (AvgIpc) is 2.73. The quantitative estimate of drug-likeness (QED) is 0.767. The van der Waals surface area contributed by atoms with Crippen LogP contribution in [-0.4, -0.2) is 52.0 Å². The van der Waals surface area contributed by atoms with Crippen molar-refractivity contribution in [2.24, 2.45) is 0 Å². The number of sulfonamides is 1. The van der Waals surface area contributed by atoms with Gasteiger partial charge in [0.25, 0.3) is 5.91 Å². The van der Waals surface area contributed by atoms with Gasteiger partial charge in [-0.1, -0.05) is 12.1 Å². The van der Waals surface area contributed by atoms with Crippen molar-refractivity contribution < 1.29 is 35.9 Å². The maximum atomic E-state index is 13.2.